The van der Waals surface area contributed by atoms with E-state index in [1.165, 1.54) is 48.5 Å². The first-order valence-corrected chi connectivity index (χ1v) is 9.71. The second kappa shape index (κ2) is 6.90. The number of hydrogen-bond acceptors (Lipinski definition) is 5. The summed E-state index contributed by atoms with van der Waals surface area (Å²) in [7, 11) is 0. The Morgan fingerprint density at radius 1 is 1.38 bits per heavy atom. The monoisotopic (exact) mass is 343 g/mol. The lowest BCUT2D eigenvalue weighted by Gasteiger charge is -2.29. The maximum atomic E-state index is 6.15. The number of rotatable bonds is 6. The van der Waals surface area contributed by atoms with Crippen molar-refractivity contribution in [1.82, 2.24) is 14.9 Å². The molecular weight excluding hydrogens is 318 g/mol. The van der Waals surface area contributed by atoms with Crippen molar-refractivity contribution in [2.75, 3.05) is 19.7 Å². The smallest absolute Gasteiger partial charge is 0.0798 e. The number of pyridine rings is 1. The van der Waals surface area contributed by atoms with Crippen molar-refractivity contribution < 1.29 is 4.74 Å². The van der Waals surface area contributed by atoms with Gasteiger partial charge in [-0.1, -0.05) is 6.42 Å². The van der Waals surface area contributed by atoms with Gasteiger partial charge in [0.25, 0.3) is 0 Å². The molecule has 128 valence electrons. The van der Waals surface area contributed by atoms with Gasteiger partial charge >= 0.3 is 0 Å². The van der Waals surface area contributed by atoms with Gasteiger partial charge in [-0.25, -0.2) is 4.98 Å². The lowest BCUT2D eigenvalue weighted by molar-refractivity contribution is 0.0266. The van der Waals surface area contributed by atoms with E-state index in [0.29, 0.717) is 12.0 Å². The zero-order chi connectivity index (χ0) is 16.4. The first kappa shape index (κ1) is 16.2. The van der Waals surface area contributed by atoms with Gasteiger partial charge in [-0.05, 0) is 43.4 Å². The normalized spacial score (nSPS) is 26.8. The molecule has 2 aliphatic rings. The zero-order valence-corrected chi connectivity index (χ0v) is 15.1. The molecule has 4 rings (SSSR count). The van der Waals surface area contributed by atoms with Crippen molar-refractivity contribution >= 4 is 11.3 Å². The van der Waals surface area contributed by atoms with Gasteiger partial charge in [0.15, 0.2) is 0 Å². The van der Waals surface area contributed by atoms with Crippen LogP contribution < -0.4 is 0 Å². The fourth-order valence-electron chi connectivity index (χ4n) is 4.41. The number of aryl methyl sites for hydroxylation is 1. The maximum absolute atomic E-state index is 6.15. The molecule has 3 heterocycles. The van der Waals surface area contributed by atoms with Crippen molar-refractivity contribution in [2.24, 2.45) is 11.3 Å². The molecular formula is C19H25N3OS. The summed E-state index contributed by atoms with van der Waals surface area (Å²) in [5, 5.41) is 0. The van der Waals surface area contributed by atoms with Crippen LogP contribution in [0.3, 0.4) is 0 Å². The van der Waals surface area contributed by atoms with Gasteiger partial charge in [0.2, 0.25) is 0 Å². The summed E-state index contributed by atoms with van der Waals surface area (Å²) in [5.41, 5.74) is 4.74. The predicted octanol–water partition coefficient (Wildman–Crippen LogP) is 3.67. The van der Waals surface area contributed by atoms with Crippen LogP contribution in [0.2, 0.25) is 0 Å². The molecule has 0 bridgehead atoms. The molecule has 24 heavy (non-hydrogen) atoms. The summed E-state index contributed by atoms with van der Waals surface area (Å²) in [6.45, 7) is 7.15. The molecule has 0 spiro atoms. The lowest BCUT2D eigenvalue weighted by Crippen LogP contribution is -2.32. The Balaban J connectivity index is 1.37. The Labute approximate surface area is 147 Å². The van der Waals surface area contributed by atoms with Crippen molar-refractivity contribution in [3.8, 4) is 0 Å². The lowest BCUT2D eigenvalue weighted by atomic mass is 9.81. The zero-order valence-electron chi connectivity index (χ0n) is 14.3. The third kappa shape index (κ3) is 3.25. The second-order valence-electron chi connectivity index (χ2n) is 7.33. The number of hydrogen-bond donors (Lipinski definition) is 0. The molecule has 4 nitrogen and oxygen atoms in total. The van der Waals surface area contributed by atoms with Crippen molar-refractivity contribution in [1.29, 1.82) is 0 Å². The number of nitrogens with zero attached hydrogens (tertiary/aromatic N) is 3. The van der Waals surface area contributed by atoms with Crippen LogP contribution >= 0.6 is 11.3 Å². The molecule has 2 aromatic rings. The van der Waals surface area contributed by atoms with Gasteiger partial charge in [-0.2, -0.15) is 0 Å². The minimum absolute atomic E-state index is 0.367. The third-order valence-electron chi connectivity index (χ3n) is 5.73. The molecule has 0 aromatic carbocycles. The van der Waals surface area contributed by atoms with Gasteiger partial charge in [-0.3, -0.25) is 9.88 Å². The quantitative estimate of drug-likeness (QED) is 0.802. The van der Waals surface area contributed by atoms with E-state index in [0.717, 1.165) is 19.1 Å². The minimum atomic E-state index is 0.367. The molecule has 0 unspecified atom stereocenters. The Morgan fingerprint density at radius 2 is 2.25 bits per heavy atom. The molecule has 1 saturated carbocycles. The maximum Gasteiger partial charge on any atom is 0.0798 e. The third-order valence-corrected chi connectivity index (χ3v) is 6.65. The molecule has 0 N–H and O–H groups in total. The summed E-state index contributed by atoms with van der Waals surface area (Å²) in [6.07, 6.45) is 7.70. The van der Waals surface area contributed by atoms with Crippen LogP contribution in [-0.2, 0) is 17.9 Å². The summed E-state index contributed by atoms with van der Waals surface area (Å²) < 4.78 is 6.15. The standard InChI is InChI=1S/C19H25N3OS/c1-15-18(24-14-21-15)10-22-9-17-3-2-6-19(17,12-22)13-23-11-16-4-7-20-8-5-16/h4-5,7-8,14,17H,2-3,6,9-13H2,1H3/t17-,19+/m0/s1. The summed E-state index contributed by atoms with van der Waals surface area (Å²) in [4.78, 5) is 12.5. The fourth-order valence-corrected chi connectivity index (χ4v) is 5.23. The van der Waals surface area contributed by atoms with E-state index in [9.17, 15) is 0 Å². The number of thiazole rings is 1. The van der Waals surface area contributed by atoms with E-state index < -0.39 is 0 Å². The highest BCUT2D eigenvalue weighted by molar-refractivity contribution is 7.09. The van der Waals surface area contributed by atoms with E-state index in [4.69, 9.17) is 4.74 Å². The van der Waals surface area contributed by atoms with Crippen LogP contribution in [0.5, 0.6) is 0 Å². The van der Waals surface area contributed by atoms with E-state index >= 15 is 0 Å². The SMILES string of the molecule is Cc1ncsc1CN1C[C@@H]2CCC[C@]2(COCc2ccncc2)C1. The molecule has 0 amide bonds. The van der Waals surface area contributed by atoms with E-state index in [1.807, 2.05) is 30.0 Å². The Morgan fingerprint density at radius 3 is 3.04 bits per heavy atom. The highest BCUT2D eigenvalue weighted by atomic mass is 32.1. The van der Waals surface area contributed by atoms with E-state index in [1.54, 1.807) is 11.3 Å². The van der Waals surface area contributed by atoms with Gasteiger partial charge in [0, 0.05) is 42.3 Å². The Kier molecular flexibility index (Phi) is 4.66. The molecule has 2 aromatic heterocycles. The highest BCUT2D eigenvalue weighted by Gasteiger charge is 2.49. The first-order chi connectivity index (χ1) is 11.8. The second-order valence-corrected chi connectivity index (χ2v) is 8.27. The summed E-state index contributed by atoms with van der Waals surface area (Å²) in [5.74, 6) is 0.795. The Bertz CT molecular complexity index is 674. The van der Waals surface area contributed by atoms with Gasteiger partial charge < -0.3 is 4.74 Å². The van der Waals surface area contributed by atoms with Gasteiger partial charge in [-0.15, -0.1) is 11.3 Å². The van der Waals surface area contributed by atoms with E-state index in [-0.39, 0.29) is 0 Å². The molecule has 1 aliphatic carbocycles. The number of likely N-dealkylation sites (tertiary alicyclic amines) is 1. The predicted molar refractivity (Wildman–Crippen MR) is 95.8 cm³/mol. The molecule has 0 radical (unpaired) electrons. The van der Waals surface area contributed by atoms with Crippen LogP contribution in [-0.4, -0.2) is 34.6 Å². The average Bonchev–Trinajstić information content (AvgIpc) is 3.24. The molecule has 5 heteroatoms. The van der Waals surface area contributed by atoms with Crippen LogP contribution in [0, 0.1) is 18.3 Å². The van der Waals surface area contributed by atoms with Crippen LogP contribution in [0.25, 0.3) is 0 Å². The largest absolute Gasteiger partial charge is 0.376 e. The topological polar surface area (TPSA) is 38.2 Å². The molecule has 1 saturated heterocycles. The summed E-state index contributed by atoms with van der Waals surface area (Å²) in [6, 6.07) is 4.08. The average molecular weight is 343 g/mol. The van der Waals surface area contributed by atoms with Crippen LogP contribution in [0.4, 0.5) is 0 Å². The minimum Gasteiger partial charge on any atom is -0.376 e. The van der Waals surface area contributed by atoms with Crippen molar-refractivity contribution in [3.05, 3.63) is 46.2 Å². The Hall–Kier alpha value is -1.30. The molecule has 1 aliphatic heterocycles. The number of fused-ring (bicyclic) bond motifs is 1. The van der Waals surface area contributed by atoms with Crippen LogP contribution in [0.1, 0.15) is 35.4 Å². The van der Waals surface area contributed by atoms with E-state index in [2.05, 4.69) is 21.8 Å². The fraction of sp³-hybridized carbons (Fsp3) is 0.579. The van der Waals surface area contributed by atoms with Crippen LogP contribution in [0.15, 0.2) is 30.0 Å². The van der Waals surface area contributed by atoms with Crippen molar-refractivity contribution in [2.45, 2.75) is 39.3 Å². The summed E-state index contributed by atoms with van der Waals surface area (Å²) >= 11 is 1.79. The highest BCUT2D eigenvalue weighted by Crippen LogP contribution is 2.49. The first-order valence-electron chi connectivity index (χ1n) is 8.83. The number of ether oxygens (including phenoxy) is 1. The molecule has 2 atom stereocenters. The van der Waals surface area contributed by atoms with Crippen molar-refractivity contribution in [3.63, 3.8) is 0 Å². The molecule has 2 fully saturated rings. The number of aromatic nitrogens is 2. The van der Waals surface area contributed by atoms with Gasteiger partial charge in [0.1, 0.15) is 0 Å². The van der Waals surface area contributed by atoms with Gasteiger partial charge in [0.05, 0.1) is 24.4 Å².